The highest BCUT2D eigenvalue weighted by molar-refractivity contribution is 9.10. The summed E-state index contributed by atoms with van der Waals surface area (Å²) in [7, 11) is 0. The molecule has 1 heterocycles. The fourth-order valence-corrected chi connectivity index (χ4v) is 0.703. The lowest BCUT2D eigenvalue weighted by molar-refractivity contribution is 0.547. The average Bonchev–Trinajstić information content (AvgIpc) is 1.87. The normalized spacial score (nSPS) is 9.43. The van der Waals surface area contributed by atoms with Crippen LogP contribution in [0.25, 0.3) is 0 Å². The molecule has 0 atom stereocenters. The van der Waals surface area contributed by atoms with Gasteiger partial charge in [-0.3, -0.25) is 0 Å². The van der Waals surface area contributed by atoms with Gasteiger partial charge >= 0.3 is 0 Å². The Morgan fingerprint density at radius 1 is 1.71 bits per heavy atom. The van der Waals surface area contributed by atoms with E-state index in [9.17, 15) is 0 Å². The Labute approximate surface area is 50.5 Å². The molecule has 1 aromatic rings. The first kappa shape index (κ1) is 4.91. The third-order valence-corrected chi connectivity index (χ3v) is 1.04. The summed E-state index contributed by atoms with van der Waals surface area (Å²) < 4.78 is 5.75. The Bertz CT molecular complexity index is 140. The van der Waals surface area contributed by atoms with Gasteiger partial charge in [-0.2, -0.15) is 0 Å². The molecular weight excluding hydrogens is 156 g/mol. The molecule has 1 nitrogen and oxygen atoms in total. The van der Waals surface area contributed by atoms with Crippen molar-refractivity contribution in [3.63, 3.8) is 0 Å². The van der Waals surface area contributed by atoms with Gasteiger partial charge in [-0.25, -0.2) is 0 Å². The summed E-state index contributed by atoms with van der Waals surface area (Å²) >= 11 is 3.20. The molecule has 0 spiro atoms. The molecule has 37 valence electrons. The van der Waals surface area contributed by atoms with Gasteiger partial charge in [0.1, 0.15) is 12.0 Å². The molecule has 1 radical (unpaired) electrons. The van der Waals surface area contributed by atoms with Crippen LogP contribution in [0.15, 0.2) is 21.2 Å². The first-order chi connectivity index (χ1) is 3.29. The second kappa shape index (κ2) is 1.70. The maximum atomic E-state index is 4.81. The second-order valence-corrected chi connectivity index (χ2v) is 2.15. The van der Waals surface area contributed by atoms with Gasteiger partial charge in [0.05, 0.1) is 4.47 Å². The third-order valence-electron chi connectivity index (χ3n) is 0.622. The molecule has 0 N–H and O–H groups in total. The van der Waals surface area contributed by atoms with Gasteiger partial charge in [0.25, 0.3) is 0 Å². The molecule has 0 saturated heterocycles. The Hall–Kier alpha value is -0.240. The molecular formula is C5H4BrO. The van der Waals surface area contributed by atoms with E-state index >= 15 is 0 Å². The summed E-state index contributed by atoms with van der Waals surface area (Å²) in [6.45, 7) is 3.54. The van der Waals surface area contributed by atoms with Crippen molar-refractivity contribution in [1.29, 1.82) is 0 Å². The van der Waals surface area contributed by atoms with E-state index in [1.54, 1.807) is 12.3 Å². The van der Waals surface area contributed by atoms with Crippen LogP contribution in [0.1, 0.15) is 5.76 Å². The molecule has 1 rings (SSSR count). The van der Waals surface area contributed by atoms with Gasteiger partial charge in [-0.15, -0.1) is 0 Å². The molecule has 0 aliphatic rings. The van der Waals surface area contributed by atoms with Crippen LogP contribution >= 0.6 is 15.9 Å². The van der Waals surface area contributed by atoms with E-state index in [4.69, 9.17) is 4.42 Å². The molecule has 0 aliphatic carbocycles. The van der Waals surface area contributed by atoms with Crippen LogP contribution in [0.5, 0.6) is 0 Å². The quantitative estimate of drug-likeness (QED) is 0.567. The monoisotopic (exact) mass is 159 g/mol. The summed E-state index contributed by atoms with van der Waals surface area (Å²) in [4.78, 5) is 0. The lowest BCUT2D eigenvalue weighted by Gasteiger charge is -1.68. The van der Waals surface area contributed by atoms with Crippen LogP contribution in [0.2, 0.25) is 0 Å². The van der Waals surface area contributed by atoms with Crippen molar-refractivity contribution in [2.75, 3.05) is 0 Å². The van der Waals surface area contributed by atoms with Crippen molar-refractivity contribution in [2.45, 2.75) is 0 Å². The van der Waals surface area contributed by atoms with Gasteiger partial charge in [0.15, 0.2) is 0 Å². The highest BCUT2D eigenvalue weighted by Crippen LogP contribution is 2.11. The summed E-state index contributed by atoms with van der Waals surface area (Å²) in [6.07, 6.45) is 1.60. The molecule has 0 bridgehead atoms. The molecule has 0 amide bonds. The van der Waals surface area contributed by atoms with Gasteiger partial charge in [0.2, 0.25) is 0 Å². The average molecular weight is 160 g/mol. The Morgan fingerprint density at radius 3 is 2.57 bits per heavy atom. The zero-order chi connectivity index (χ0) is 5.28. The van der Waals surface area contributed by atoms with Gasteiger partial charge in [-0.1, -0.05) is 0 Å². The van der Waals surface area contributed by atoms with E-state index in [-0.39, 0.29) is 0 Å². The number of halogens is 1. The summed E-state index contributed by atoms with van der Waals surface area (Å²) in [5.74, 6) is 0.687. The fraction of sp³-hybridized carbons (Fsp3) is 0. The van der Waals surface area contributed by atoms with Gasteiger partial charge in [-0.05, 0) is 22.0 Å². The maximum absolute atomic E-state index is 4.81. The molecule has 0 fully saturated rings. The van der Waals surface area contributed by atoms with Crippen LogP contribution in [-0.4, -0.2) is 0 Å². The van der Waals surface area contributed by atoms with E-state index in [1.807, 2.05) is 0 Å². The SMILES string of the molecule is [CH2]c1cc(Br)co1. The minimum Gasteiger partial charge on any atom is -0.468 e. The molecule has 0 aromatic carbocycles. The van der Waals surface area contributed by atoms with Crippen LogP contribution in [0.4, 0.5) is 0 Å². The van der Waals surface area contributed by atoms with Crippen molar-refractivity contribution in [3.05, 3.63) is 29.5 Å². The topological polar surface area (TPSA) is 13.1 Å². The third kappa shape index (κ3) is 1.06. The molecule has 1 aromatic heterocycles. The van der Waals surface area contributed by atoms with Crippen molar-refractivity contribution >= 4 is 15.9 Å². The van der Waals surface area contributed by atoms with Gasteiger partial charge < -0.3 is 4.42 Å². The maximum Gasteiger partial charge on any atom is 0.105 e. The smallest absolute Gasteiger partial charge is 0.105 e. The zero-order valence-corrected chi connectivity index (χ0v) is 5.23. The van der Waals surface area contributed by atoms with Crippen molar-refractivity contribution in [2.24, 2.45) is 0 Å². The van der Waals surface area contributed by atoms with Crippen LogP contribution in [-0.2, 0) is 0 Å². The highest BCUT2D eigenvalue weighted by atomic mass is 79.9. The Kier molecular flexibility index (Phi) is 1.19. The largest absolute Gasteiger partial charge is 0.468 e. The number of hydrogen-bond acceptors (Lipinski definition) is 1. The lowest BCUT2D eigenvalue weighted by atomic mass is 10.5. The summed E-state index contributed by atoms with van der Waals surface area (Å²) in [5, 5.41) is 0. The van der Waals surface area contributed by atoms with Gasteiger partial charge in [0, 0.05) is 6.92 Å². The van der Waals surface area contributed by atoms with E-state index in [2.05, 4.69) is 22.9 Å². The summed E-state index contributed by atoms with van der Waals surface area (Å²) in [5.41, 5.74) is 0. The molecule has 7 heavy (non-hydrogen) atoms. The second-order valence-electron chi connectivity index (χ2n) is 1.23. The predicted molar refractivity (Wildman–Crippen MR) is 30.9 cm³/mol. The lowest BCUT2D eigenvalue weighted by Crippen LogP contribution is -1.49. The van der Waals surface area contributed by atoms with Crippen LogP contribution in [0.3, 0.4) is 0 Å². The molecule has 0 unspecified atom stereocenters. The standard InChI is InChI=1S/C5H4BrO/c1-4-2-5(6)3-7-4/h2-3H,1H2. The van der Waals surface area contributed by atoms with Crippen molar-refractivity contribution < 1.29 is 4.42 Å². The van der Waals surface area contributed by atoms with E-state index in [1.165, 1.54) is 0 Å². The fourth-order valence-electron chi connectivity index (χ4n) is 0.354. The molecule has 0 saturated carbocycles. The first-order valence-corrected chi connectivity index (χ1v) is 2.64. The van der Waals surface area contributed by atoms with Crippen LogP contribution < -0.4 is 0 Å². The first-order valence-electron chi connectivity index (χ1n) is 1.85. The van der Waals surface area contributed by atoms with E-state index in [0.717, 1.165) is 4.47 Å². The number of rotatable bonds is 0. The highest BCUT2D eigenvalue weighted by Gasteiger charge is 1.88. The Morgan fingerprint density at radius 2 is 2.43 bits per heavy atom. The summed E-state index contributed by atoms with van der Waals surface area (Å²) in [6, 6.07) is 1.81. The molecule has 0 aliphatic heterocycles. The minimum absolute atomic E-state index is 0.687. The predicted octanol–water partition coefficient (Wildman–Crippen LogP) is 2.22. The van der Waals surface area contributed by atoms with Crippen molar-refractivity contribution in [3.8, 4) is 0 Å². The van der Waals surface area contributed by atoms with Crippen molar-refractivity contribution in [1.82, 2.24) is 0 Å². The van der Waals surface area contributed by atoms with E-state index in [0.29, 0.717) is 5.76 Å². The van der Waals surface area contributed by atoms with Crippen LogP contribution in [0, 0.1) is 6.92 Å². The van der Waals surface area contributed by atoms with E-state index < -0.39 is 0 Å². The molecule has 2 heteroatoms. The minimum atomic E-state index is 0.687. The number of hydrogen-bond donors (Lipinski definition) is 0. The zero-order valence-electron chi connectivity index (χ0n) is 3.65. The number of furan rings is 1. The Balaban J connectivity index is 3.04.